The highest BCUT2D eigenvalue weighted by atomic mass is 16.3. The molecule has 0 saturated heterocycles. The number of benzene rings is 1. The number of aliphatic hydroxyl groups excluding tert-OH is 1. The summed E-state index contributed by atoms with van der Waals surface area (Å²) in [6, 6.07) is 9.13. The molecule has 0 amide bonds. The quantitative estimate of drug-likeness (QED) is 0.756. The molecule has 19 heavy (non-hydrogen) atoms. The molecule has 0 radical (unpaired) electrons. The first-order valence-electron chi connectivity index (χ1n) is 7.13. The molecular formula is C16H28N2O. The number of hydrogen-bond acceptors (Lipinski definition) is 3. The number of rotatable bonds is 8. The molecule has 0 aliphatic carbocycles. The average molecular weight is 264 g/mol. The molecule has 0 aliphatic rings. The van der Waals surface area contributed by atoms with Crippen LogP contribution in [0.4, 0.5) is 0 Å². The molecule has 0 heterocycles. The second-order valence-electron chi connectivity index (χ2n) is 5.48. The molecule has 2 N–H and O–H groups in total. The Kier molecular flexibility index (Phi) is 7.06. The highest BCUT2D eigenvalue weighted by Gasteiger charge is 2.10. The van der Waals surface area contributed by atoms with E-state index in [9.17, 15) is 5.11 Å². The Balaban J connectivity index is 2.42. The number of aryl methyl sites for hydroxylation is 1. The Labute approximate surface area is 117 Å². The van der Waals surface area contributed by atoms with Crippen molar-refractivity contribution in [3.63, 3.8) is 0 Å². The molecular weight excluding hydrogens is 236 g/mol. The van der Waals surface area contributed by atoms with Crippen molar-refractivity contribution in [3.8, 4) is 0 Å². The third kappa shape index (κ3) is 6.19. The molecule has 0 bridgehead atoms. The molecule has 1 rings (SSSR count). The van der Waals surface area contributed by atoms with Gasteiger partial charge in [0, 0.05) is 12.6 Å². The van der Waals surface area contributed by atoms with Crippen LogP contribution in [0, 0.1) is 6.92 Å². The van der Waals surface area contributed by atoms with Crippen molar-refractivity contribution in [3.05, 3.63) is 35.4 Å². The van der Waals surface area contributed by atoms with Gasteiger partial charge in [0.15, 0.2) is 0 Å². The molecule has 0 aromatic heterocycles. The summed E-state index contributed by atoms with van der Waals surface area (Å²) in [5, 5.41) is 12.7. The molecule has 0 aliphatic heterocycles. The van der Waals surface area contributed by atoms with Gasteiger partial charge in [-0.05, 0) is 52.9 Å². The topological polar surface area (TPSA) is 35.5 Å². The molecule has 2 atom stereocenters. The maximum atomic E-state index is 9.29. The monoisotopic (exact) mass is 264 g/mol. The van der Waals surface area contributed by atoms with Gasteiger partial charge in [-0.2, -0.15) is 0 Å². The van der Waals surface area contributed by atoms with Crippen LogP contribution in [0.3, 0.4) is 0 Å². The van der Waals surface area contributed by atoms with E-state index in [0.29, 0.717) is 6.04 Å². The van der Waals surface area contributed by atoms with E-state index in [1.165, 1.54) is 11.1 Å². The zero-order valence-electron chi connectivity index (χ0n) is 12.7. The lowest BCUT2D eigenvalue weighted by Crippen LogP contribution is -2.27. The average Bonchev–Trinajstić information content (AvgIpc) is 2.39. The zero-order chi connectivity index (χ0) is 14.3. The van der Waals surface area contributed by atoms with Crippen molar-refractivity contribution in [1.82, 2.24) is 10.2 Å². The number of hydrogen-bond donors (Lipinski definition) is 2. The predicted octanol–water partition coefficient (Wildman–Crippen LogP) is 2.35. The van der Waals surface area contributed by atoms with E-state index < -0.39 is 0 Å². The van der Waals surface area contributed by atoms with Crippen LogP contribution in [-0.2, 0) is 0 Å². The van der Waals surface area contributed by atoms with Crippen LogP contribution in [0.1, 0.15) is 36.9 Å². The van der Waals surface area contributed by atoms with Gasteiger partial charge in [-0.15, -0.1) is 0 Å². The van der Waals surface area contributed by atoms with Crippen LogP contribution in [0.2, 0.25) is 0 Å². The molecule has 0 spiro atoms. The largest absolute Gasteiger partial charge is 0.393 e. The lowest BCUT2D eigenvalue weighted by atomic mass is 10.0. The maximum absolute atomic E-state index is 9.29. The van der Waals surface area contributed by atoms with Gasteiger partial charge < -0.3 is 15.3 Å². The first-order valence-corrected chi connectivity index (χ1v) is 7.13. The molecule has 0 saturated carbocycles. The second-order valence-corrected chi connectivity index (χ2v) is 5.48. The molecule has 0 fully saturated rings. The number of nitrogens with one attached hydrogen (secondary N) is 1. The van der Waals surface area contributed by atoms with E-state index in [1.54, 1.807) is 0 Å². The highest BCUT2D eigenvalue weighted by Crippen LogP contribution is 2.17. The summed E-state index contributed by atoms with van der Waals surface area (Å²) in [6.07, 6.45) is 1.71. The van der Waals surface area contributed by atoms with Gasteiger partial charge in [-0.1, -0.05) is 29.8 Å². The van der Waals surface area contributed by atoms with Crippen molar-refractivity contribution in [1.29, 1.82) is 0 Å². The summed E-state index contributed by atoms with van der Waals surface area (Å²) in [7, 11) is 4.13. The molecule has 1 aromatic rings. The summed E-state index contributed by atoms with van der Waals surface area (Å²) in [5.74, 6) is 0. The van der Waals surface area contributed by atoms with Crippen molar-refractivity contribution in [2.24, 2.45) is 0 Å². The summed E-state index contributed by atoms with van der Waals surface area (Å²) in [4.78, 5) is 2.28. The maximum Gasteiger partial charge on any atom is 0.0524 e. The SMILES string of the molecule is CNC(CCN(C)CCC(C)O)c1ccc(C)cc1. The summed E-state index contributed by atoms with van der Waals surface area (Å²) >= 11 is 0. The van der Waals surface area contributed by atoms with Crippen LogP contribution < -0.4 is 5.32 Å². The fraction of sp³-hybridized carbons (Fsp3) is 0.625. The van der Waals surface area contributed by atoms with E-state index >= 15 is 0 Å². The van der Waals surface area contributed by atoms with Crippen molar-refractivity contribution in [2.75, 3.05) is 27.2 Å². The normalized spacial score (nSPS) is 14.6. The van der Waals surface area contributed by atoms with Crippen molar-refractivity contribution in [2.45, 2.75) is 38.8 Å². The molecule has 3 nitrogen and oxygen atoms in total. The summed E-state index contributed by atoms with van der Waals surface area (Å²) in [5.41, 5.74) is 2.64. The Hall–Kier alpha value is -0.900. The van der Waals surface area contributed by atoms with E-state index in [4.69, 9.17) is 0 Å². The van der Waals surface area contributed by atoms with Gasteiger partial charge >= 0.3 is 0 Å². The Morgan fingerprint density at radius 2 is 1.74 bits per heavy atom. The van der Waals surface area contributed by atoms with E-state index in [2.05, 4.69) is 48.5 Å². The first kappa shape index (κ1) is 16.2. The first-order chi connectivity index (χ1) is 9.02. The third-order valence-electron chi connectivity index (χ3n) is 3.56. The van der Waals surface area contributed by atoms with Crippen molar-refractivity contribution >= 4 is 0 Å². The smallest absolute Gasteiger partial charge is 0.0524 e. The van der Waals surface area contributed by atoms with Gasteiger partial charge in [0.1, 0.15) is 0 Å². The van der Waals surface area contributed by atoms with Crippen LogP contribution >= 0.6 is 0 Å². The zero-order valence-corrected chi connectivity index (χ0v) is 12.7. The number of aliphatic hydroxyl groups is 1. The van der Waals surface area contributed by atoms with Gasteiger partial charge in [0.05, 0.1) is 6.10 Å². The fourth-order valence-electron chi connectivity index (χ4n) is 2.14. The molecule has 108 valence electrons. The van der Waals surface area contributed by atoms with E-state index in [0.717, 1.165) is 25.9 Å². The number of nitrogens with zero attached hydrogens (tertiary/aromatic N) is 1. The Bertz CT molecular complexity index is 348. The minimum absolute atomic E-state index is 0.209. The van der Waals surface area contributed by atoms with Crippen molar-refractivity contribution < 1.29 is 5.11 Å². The van der Waals surface area contributed by atoms with Crippen LogP contribution in [-0.4, -0.2) is 43.3 Å². The summed E-state index contributed by atoms with van der Waals surface area (Å²) in [6.45, 7) is 5.94. The highest BCUT2D eigenvalue weighted by molar-refractivity contribution is 5.24. The van der Waals surface area contributed by atoms with Gasteiger partial charge in [0.2, 0.25) is 0 Å². The minimum Gasteiger partial charge on any atom is -0.393 e. The van der Waals surface area contributed by atoms with Crippen LogP contribution in [0.5, 0.6) is 0 Å². The van der Waals surface area contributed by atoms with E-state index in [-0.39, 0.29) is 6.10 Å². The molecule has 1 aromatic carbocycles. The molecule has 3 heteroatoms. The second kappa shape index (κ2) is 8.31. The lowest BCUT2D eigenvalue weighted by Gasteiger charge is -2.22. The predicted molar refractivity (Wildman–Crippen MR) is 81.4 cm³/mol. The Morgan fingerprint density at radius 1 is 1.16 bits per heavy atom. The van der Waals surface area contributed by atoms with Crippen LogP contribution in [0.15, 0.2) is 24.3 Å². The summed E-state index contributed by atoms with van der Waals surface area (Å²) < 4.78 is 0. The standard InChI is InChI=1S/C16H28N2O/c1-13-5-7-15(8-6-13)16(17-3)10-12-18(4)11-9-14(2)19/h5-8,14,16-17,19H,9-12H2,1-4H3. The third-order valence-corrected chi connectivity index (χ3v) is 3.56. The Morgan fingerprint density at radius 3 is 2.26 bits per heavy atom. The van der Waals surface area contributed by atoms with Gasteiger partial charge in [-0.25, -0.2) is 0 Å². The fourth-order valence-corrected chi connectivity index (χ4v) is 2.14. The lowest BCUT2D eigenvalue weighted by molar-refractivity contribution is 0.163. The van der Waals surface area contributed by atoms with Crippen LogP contribution in [0.25, 0.3) is 0 Å². The van der Waals surface area contributed by atoms with Gasteiger partial charge in [0.25, 0.3) is 0 Å². The van der Waals surface area contributed by atoms with E-state index in [1.807, 2.05) is 14.0 Å². The minimum atomic E-state index is -0.209. The molecule has 2 unspecified atom stereocenters. The van der Waals surface area contributed by atoms with Gasteiger partial charge in [-0.3, -0.25) is 0 Å².